The number of fused-ring (bicyclic) bond motifs is 3. The van der Waals surface area contributed by atoms with Crippen LogP contribution in [0.3, 0.4) is 0 Å². The summed E-state index contributed by atoms with van der Waals surface area (Å²) in [6, 6.07) is 6.01. The number of rotatable bonds is 11. The van der Waals surface area contributed by atoms with Gasteiger partial charge in [-0.3, -0.25) is 0 Å². The van der Waals surface area contributed by atoms with Crippen LogP contribution < -0.4 is 14.8 Å². The highest BCUT2D eigenvalue weighted by molar-refractivity contribution is 7.19. The molecule has 172 valence electrons. The van der Waals surface area contributed by atoms with Gasteiger partial charge in [0.05, 0.1) is 19.6 Å². The highest BCUT2D eigenvalue weighted by Crippen LogP contribution is 2.39. The molecule has 1 N–H and O–H groups in total. The normalized spacial score (nSPS) is 13.0. The van der Waals surface area contributed by atoms with E-state index in [1.165, 1.54) is 28.7 Å². The fraction of sp³-hybridized carbons (Fsp3) is 0.520. The SMILES string of the molecule is CCN(CC)CCCNc1nc(Cc2ccc(OC)c(OC)c2)nc2sc3c(c12)CCC3. The summed E-state index contributed by atoms with van der Waals surface area (Å²) >= 11 is 1.85. The van der Waals surface area contributed by atoms with E-state index in [1.54, 1.807) is 14.2 Å². The largest absolute Gasteiger partial charge is 0.493 e. The zero-order valence-corrected chi connectivity index (χ0v) is 20.5. The second kappa shape index (κ2) is 10.5. The monoisotopic (exact) mass is 454 g/mol. The van der Waals surface area contributed by atoms with Gasteiger partial charge in [-0.15, -0.1) is 11.3 Å². The van der Waals surface area contributed by atoms with Gasteiger partial charge in [-0.05, 0) is 68.6 Å². The van der Waals surface area contributed by atoms with Crippen LogP contribution in [0.25, 0.3) is 10.2 Å². The van der Waals surface area contributed by atoms with Crippen LogP contribution >= 0.6 is 11.3 Å². The lowest BCUT2D eigenvalue weighted by molar-refractivity contribution is 0.303. The van der Waals surface area contributed by atoms with Crippen LogP contribution in [0.4, 0.5) is 5.82 Å². The molecule has 0 radical (unpaired) electrons. The lowest BCUT2D eigenvalue weighted by atomic mass is 10.1. The van der Waals surface area contributed by atoms with E-state index in [-0.39, 0.29) is 0 Å². The summed E-state index contributed by atoms with van der Waals surface area (Å²) in [4.78, 5) is 15.0. The van der Waals surface area contributed by atoms with Crippen molar-refractivity contribution >= 4 is 27.4 Å². The maximum absolute atomic E-state index is 5.47. The number of ether oxygens (including phenoxy) is 2. The van der Waals surface area contributed by atoms with Crippen molar-refractivity contribution in [3.8, 4) is 11.5 Å². The van der Waals surface area contributed by atoms with Gasteiger partial charge in [0.15, 0.2) is 11.5 Å². The number of nitrogens with one attached hydrogen (secondary N) is 1. The van der Waals surface area contributed by atoms with E-state index in [9.17, 15) is 0 Å². The second-order valence-corrected chi connectivity index (χ2v) is 9.28. The molecule has 0 saturated heterocycles. The van der Waals surface area contributed by atoms with Gasteiger partial charge in [0.25, 0.3) is 0 Å². The van der Waals surface area contributed by atoms with Gasteiger partial charge >= 0.3 is 0 Å². The van der Waals surface area contributed by atoms with Crippen LogP contribution in [-0.4, -0.2) is 55.3 Å². The molecule has 0 atom stereocenters. The Hall–Kier alpha value is -2.38. The summed E-state index contributed by atoms with van der Waals surface area (Å²) in [6.45, 7) is 8.67. The van der Waals surface area contributed by atoms with Crippen molar-refractivity contribution < 1.29 is 9.47 Å². The molecule has 4 rings (SSSR count). The minimum atomic E-state index is 0.660. The highest BCUT2D eigenvalue weighted by Gasteiger charge is 2.22. The molecule has 0 spiro atoms. The summed E-state index contributed by atoms with van der Waals surface area (Å²) in [6.07, 6.45) is 5.31. The van der Waals surface area contributed by atoms with Gasteiger partial charge in [-0.2, -0.15) is 0 Å². The molecule has 1 aromatic carbocycles. The van der Waals surface area contributed by atoms with E-state index >= 15 is 0 Å². The second-order valence-electron chi connectivity index (χ2n) is 8.20. The van der Waals surface area contributed by atoms with Gasteiger partial charge in [-0.1, -0.05) is 19.9 Å². The minimum Gasteiger partial charge on any atom is -0.493 e. The number of benzene rings is 1. The van der Waals surface area contributed by atoms with E-state index in [1.807, 2.05) is 23.5 Å². The smallest absolute Gasteiger partial charge is 0.161 e. The Morgan fingerprint density at radius 3 is 2.62 bits per heavy atom. The molecule has 3 aromatic rings. The van der Waals surface area contributed by atoms with Crippen molar-refractivity contribution in [2.75, 3.05) is 45.7 Å². The summed E-state index contributed by atoms with van der Waals surface area (Å²) in [5.74, 6) is 3.31. The first-order chi connectivity index (χ1) is 15.7. The van der Waals surface area contributed by atoms with Crippen LogP contribution in [0.1, 0.15) is 48.5 Å². The number of aromatic nitrogens is 2. The Morgan fingerprint density at radius 1 is 1.06 bits per heavy atom. The van der Waals surface area contributed by atoms with Crippen LogP contribution in [0.15, 0.2) is 18.2 Å². The van der Waals surface area contributed by atoms with Gasteiger partial charge in [0, 0.05) is 17.8 Å². The molecule has 32 heavy (non-hydrogen) atoms. The van der Waals surface area contributed by atoms with Gasteiger partial charge in [-0.25, -0.2) is 9.97 Å². The standard InChI is InChI=1S/C25H34N4O2S/c1-5-29(6-2)14-8-13-26-24-23-18-9-7-10-21(18)32-25(23)28-22(27-24)16-17-11-12-19(30-3)20(15-17)31-4/h11-12,15H,5-10,13-14,16H2,1-4H3,(H,26,27,28). The molecule has 2 heterocycles. The topological polar surface area (TPSA) is 59.5 Å². The van der Waals surface area contributed by atoms with E-state index in [0.29, 0.717) is 6.42 Å². The number of thiophene rings is 1. The fourth-order valence-electron chi connectivity index (χ4n) is 4.47. The average molecular weight is 455 g/mol. The van der Waals surface area contributed by atoms with Crippen LogP contribution in [0.2, 0.25) is 0 Å². The maximum Gasteiger partial charge on any atom is 0.161 e. The van der Waals surface area contributed by atoms with Crippen molar-refractivity contribution in [2.45, 2.75) is 46.0 Å². The molecule has 0 aliphatic heterocycles. The Labute approximate surface area is 195 Å². The molecular weight excluding hydrogens is 420 g/mol. The number of hydrogen-bond acceptors (Lipinski definition) is 7. The number of nitrogens with zero attached hydrogens (tertiary/aromatic N) is 3. The number of aryl methyl sites for hydroxylation is 2. The highest BCUT2D eigenvalue weighted by atomic mass is 32.1. The fourth-order valence-corrected chi connectivity index (χ4v) is 5.75. The molecule has 0 saturated carbocycles. The van der Waals surface area contributed by atoms with Crippen molar-refractivity contribution in [1.29, 1.82) is 0 Å². The molecule has 2 aromatic heterocycles. The Balaban J connectivity index is 1.59. The molecule has 0 amide bonds. The first-order valence-electron chi connectivity index (χ1n) is 11.6. The van der Waals surface area contributed by atoms with E-state index in [2.05, 4.69) is 30.1 Å². The summed E-state index contributed by atoms with van der Waals surface area (Å²) < 4.78 is 10.8. The van der Waals surface area contributed by atoms with Gasteiger partial charge in [0.2, 0.25) is 0 Å². The quantitative estimate of drug-likeness (QED) is 0.415. The summed E-state index contributed by atoms with van der Waals surface area (Å²) in [5, 5.41) is 4.91. The van der Waals surface area contributed by atoms with Gasteiger partial charge in [0.1, 0.15) is 16.5 Å². The van der Waals surface area contributed by atoms with Crippen LogP contribution in [0, 0.1) is 0 Å². The molecule has 6 nitrogen and oxygen atoms in total. The summed E-state index contributed by atoms with van der Waals surface area (Å²) in [5.41, 5.74) is 2.58. The molecule has 0 bridgehead atoms. The number of hydrogen-bond donors (Lipinski definition) is 1. The number of anilines is 1. The third kappa shape index (κ3) is 4.84. The van der Waals surface area contributed by atoms with Crippen molar-refractivity contribution in [3.05, 3.63) is 40.0 Å². The van der Waals surface area contributed by atoms with Gasteiger partial charge < -0.3 is 19.7 Å². The third-order valence-corrected chi connectivity index (χ3v) is 7.44. The zero-order chi connectivity index (χ0) is 22.5. The summed E-state index contributed by atoms with van der Waals surface area (Å²) in [7, 11) is 3.32. The maximum atomic E-state index is 5.47. The van der Waals surface area contributed by atoms with E-state index in [4.69, 9.17) is 19.4 Å². The predicted molar refractivity (Wildman–Crippen MR) is 133 cm³/mol. The Kier molecular flexibility index (Phi) is 7.48. The third-order valence-electron chi connectivity index (χ3n) is 6.26. The number of methoxy groups -OCH3 is 2. The predicted octanol–water partition coefficient (Wildman–Crippen LogP) is 4.93. The zero-order valence-electron chi connectivity index (χ0n) is 19.7. The van der Waals surface area contributed by atoms with E-state index < -0.39 is 0 Å². The molecule has 0 unspecified atom stereocenters. The first kappa shape index (κ1) is 22.8. The Bertz CT molecular complexity index is 1060. The minimum absolute atomic E-state index is 0.660. The van der Waals surface area contributed by atoms with Crippen LogP contribution in [-0.2, 0) is 19.3 Å². The van der Waals surface area contributed by atoms with Crippen molar-refractivity contribution in [1.82, 2.24) is 14.9 Å². The lowest BCUT2D eigenvalue weighted by Gasteiger charge is -2.18. The molecule has 1 aliphatic rings. The molecule has 1 aliphatic carbocycles. The lowest BCUT2D eigenvalue weighted by Crippen LogP contribution is -2.25. The van der Waals surface area contributed by atoms with Crippen LogP contribution in [0.5, 0.6) is 11.5 Å². The molecule has 0 fully saturated rings. The Morgan fingerprint density at radius 2 is 1.88 bits per heavy atom. The van der Waals surface area contributed by atoms with Crippen molar-refractivity contribution in [3.63, 3.8) is 0 Å². The first-order valence-corrected chi connectivity index (χ1v) is 12.5. The molecular formula is C25H34N4O2S. The molecule has 7 heteroatoms. The average Bonchev–Trinajstić information content (AvgIpc) is 3.40. The van der Waals surface area contributed by atoms with E-state index in [0.717, 1.165) is 72.6 Å². The van der Waals surface area contributed by atoms with Crippen molar-refractivity contribution in [2.24, 2.45) is 0 Å².